The van der Waals surface area contributed by atoms with Crippen molar-refractivity contribution >= 4 is 29.4 Å². The van der Waals surface area contributed by atoms with Crippen molar-refractivity contribution in [2.45, 2.75) is 52.6 Å². The summed E-state index contributed by atoms with van der Waals surface area (Å²) in [6.07, 6.45) is 0.495. The molecule has 2 amide bonds. The lowest BCUT2D eigenvalue weighted by Crippen LogP contribution is -2.33. The number of benzene rings is 2. The van der Waals surface area contributed by atoms with Crippen LogP contribution in [0, 0.1) is 5.82 Å². The summed E-state index contributed by atoms with van der Waals surface area (Å²) in [6.45, 7) is 6.65. The third-order valence-corrected chi connectivity index (χ3v) is 5.84. The van der Waals surface area contributed by atoms with Gasteiger partial charge in [0.15, 0.2) is 11.5 Å². The summed E-state index contributed by atoms with van der Waals surface area (Å²) in [6, 6.07) is 9.23. The average Bonchev–Trinajstić information content (AvgIpc) is 3.22. The van der Waals surface area contributed by atoms with Gasteiger partial charge in [-0.15, -0.1) is 0 Å². The molecule has 0 aromatic heterocycles. The summed E-state index contributed by atoms with van der Waals surface area (Å²) < 4.78 is 30.2. The van der Waals surface area contributed by atoms with Crippen LogP contribution in [-0.4, -0.2) is 49.6 Å². The van der Waals surface area contributed by atoms with Gasteiger partial charge in [0.1, 0.15) is 12.4 Å². The summed E-state index contributed by atoms with van der Waals surface area (Å²) >= 11 is 5.80. The molecule has 1 heterocycles. The first-order chi connectivity index (χ1) is 17.8. The first-order valence-corrected chi connectivity index (χ1v) is 12.7. The zero-order chi connectivity index (χ0) is 27.4. The van der Waals surface area contributed by atoms with Crippen LogP contribution in [0.25, 0.3) is 0 Å². The molecule has 0 aliphatic carbocycles. The summed E-state index contributed by atoms with van der Waals surface area (Å²) in [4.78, 5) is 36.8. The van der Waals surface area contributed by atoms with Gasteiger partial charge in [0.25, 0.3) is 0 Å². The Morgan fingerprint density at radius 2 is 1.81 bits per heavy atom. The van der Waals surface area contributed by atoms with E-state index in [1.54, 1.807) is 25.1 Å². The topological polar surface area (TPSA) is 94.2 Å². The van der Waals surface area contributed by atoms with Crippen LogP contribution in [0.4, 0.5) is 4.39 Å². The average molecular weight is 537 g/mol. The predicted octanol–water partition coefficient (Wildman–Crippen LogP) is 4.83. The maximum absolute atomic E-state index is 14.0. The molecule has 0 radical (unpaired) electrons. The van der Waals surface area contributed by atoms with Crippen molar-refractivity contribution in [3.05, 3.63) is 58.4 Å². The number of carbonyl (C=O) groups is 3. The smallest absolute Gasteiger partial charge is 0.307 e. The molecule has 1 N–H and O–H groups in total. The van der Waals surface area contributed by atoms with E-state index < -0.39 is 17.8 Å². The third kappa shape index (κ3) is 8.72. The molecule has 2 aromatic rings. The summed E-state index contributed by atoms with van der Waals surface area (Å²) in [5.74, 6) is -0.409. The number of halogens is 2. The molecule has 0 saturated carbocycles. The number of carbonyl (C=O) groups excluding carboxylic acids is 3. The van der Waals surface area contributed by atoms with E-state index in [9.17, 15) is 18.8 Å². The van der Waals surface area contributed by atoms with Crippen molar-refractivity contribution in [3.63, 3.8) is 0 Å². The number of hydrogen-bond donors (Lipinski definition) is 1. The van der Waals surface area contributed by atoms with Gasteiger partial charge in [-0.3, -0.25) is 19.3 Å². The van der Waals surface area contributed by atoms with Crippen molar-refractivity contribution in [1.82, 2.24) is 10.2 Å². The molecule has 37 heavy (non-hydrogen) atoms. The molecule has 0 spiro atoms. The molecule has 1 unspecified atom stereocenters. The van der Waals surface area contributed by atoms with Crippen LogP contribution >= 0.6 is 11.6 Å². The molecule has 202 valence electrons. The van der Waals surface area contributed by atoms with Gasteiger partial charge in [0.2, 0.25) is 11.8 Å². The van der Waals surface area contributed by atoms with E-state index in [1.807, 2.05) is 19.9 Å². The molecular formula is C27H34ClFN2O6. The zero-order valence-electron chi connectivity index (χ0n) is 21.6. The van der Waals surface area contributed by atoms with Crippen LogP contribution in [0.1, 0.15) is 57.2 Å². The lowest BCUT2D eigenvalue weighted by molar-refractivity contribution is -0.144. The van der Waals surface area contributed by atoms with Crippen molar-refractivity contribution < 1.29 is 33.0 Å². The Labute approximate surface area is 222 Å². The fourth-order valence-corrected chi connectivity index (χ4v) is 3.84. The number of nitrogens with zero attached hydrogens (tertiary/aromatic N) is 1. The van der Waals surface area contributed by atoms with Crippen molar-refractivity contribution in [3.8, 4) is 11.5 Å². The van der Waals surface area contributed by atoms with Gasteiger partial charge in [0.05, 0.1) is 31.7 Å². The Bertz CT molecular complexity index is 1060. The standard InChI is InChI=1S/C25H28ClFN2O6.C2H6/c1-3-34-25(32)14-20(17-5-6-18(26)19(27)13-17)28-15-16-4-7-21(22(12-16)33-2)35-11-10-29-23(30)8-9-24(29)31;1-2/h4-7,12-13,20,28H,3,8-11,14-15H2,1-2H3;1-2H3. The minimum Gasteiger partial charge on any atom is -0.493 e. The number of rotatable bonds is 12. The maximum atomic E-state index is 14.0. The second-order valence-electron chi connectivity index (χ2n) is 7.89. The second-order valence-corrected chi connectivity index (χ2v) is 8.30. The van der Waals surface area contributed by atoms with E-state index in [1.165, 1.54) is 24.1 Å². The highest BCUT2D eigenvalue weighted by Crippen LogP contribution is 2.29. The molecule has 1 atom stereocenters. The zero-order valence-corrected chi connectivity index (χ0v) is 22.4. The minimum atomic E-state index is -0.569. The Morgan fingerprint density at radius 1 is 1.11 bits per heavy atom. The third-order valence-electron chi connectivity index (χ3n) is 5.53. The fraction of sp³-hybridized carbons (Fsp3) is 0.444. The molecular weight excluding hydrogens is 503 g/mol. The Hall–Kier alpha value is -3.17. The molecule has 3 rings (SSSR count). The first-order valence-electron chi connectivity index (χ1n) is 12.3. The van der Waals surface area contributed by atoms with E-state index in [0.29, 0.717) is 23.6 Å². The Kier molecular flexibility index (Phi) is 12.3. The number of amides is 2. The number of hydrogen-bond acceptors (Lipinski definition) is 7. The quantitative estimate of drug-likeness (QED) is 0.307. The van der Waals surface area contributed by atoms with E-state index in [2.05, 4.69) is 5.32 Å². The number of nitrogens with one attached hydrogen (secondary N) is 1. The lowest BCUT2D eigenvalue weighted by Gasteiger charge is -2.20. The molecule has 10 heteroatoms. The lowest BCUT2D eigenvalue weighted by atomic mass is 10.0. The maximum Gasteiger partial charge on any atom is 0.307 e. The largest absolute Gasteiger partial charge is 0.493 e. The van der Waals surface area contributed by atoms with Gasteiger partial charge in [-0.1, -0.05) is 37.6 Å². The Balaban J connectivity index is 0.00000235. The SMILES string of the molecule is CC.CCOC(=O)CC(NCc1ccc(OCCN2C(=O)CCC2=O)c(OC)c1)c1ccc(Cl)c(F)c1. The highest BCUT2D eigenvalue weighted by Gasteiger charge is 2.28. The van der Waals surface area contributed by atoms with Crippen LogP contribution in [0.2, 0.25) is 5.02 Å². The number of esters is 1. The Morgan fingerprint density at radius 3 is 2.43 bits per heavy atom. The first kappa shape index (κ1) is 30.1. The molecule has 1 aliphatic heterocycles. The highest BCUT2D eigenvalue weighted by molar-refractivity contribution is 6.30. The molecule has 2 aromatic carbocycles. The summed E-state index contributed by atoms with van der Waals surface area (Å²) in [7, 11) is 1.51. The van der Waals surface area contributed by atoms with Crippen LogP contribution in [0.15, 0.2) is 36.4 Å². The van der Waals surface area contributed by atoms with Crippen molar-refractivity contribution in [1.29, 1.82) is 0 Å². The fourth-order valence-electron chi connectivity index (χ4n) is 3.72. The van der Waals surface area contributed by atoms with Gasteiger partial charge in [-0.05, 0) is 42.3 Å². The molecule has 8 nitrogen and oxygen atoms in total. The van der Waals surface area contributed by atoms with Crippen LogP contribution in [0.3, 0.4) is 0 Å². The predicted molar refractivity (Wildman–Crippen MR) is 138 cm³/mol. The van der Waals surface area contributed by atoms with E-state index >= 15 is 0 Å². The van der Waals surface area contributed by atoms with E-state index in [-0.39, 0.29) is 55.9 Å². The van der Waals surface area contributed by atoms with Gasteiger partial charge >= 0.3 is 5.97 Å². The van der Waals surface area contributed by atoms with Gasteiger partial charge in [-0.2, -0.15) is 0 Å². The normalized spacial score (nSPS) is 13.6. The number of methoxy groups -OCH3 is 1. The highest BCUT2D eigenvalue weighted by atomic mass is 35.5. The minimum absolute atomic E-state index is 0.00224. The monoisotopic (exact) mass is 536 g/mol. The number of likely N-dealkylation sites (tertiary alicyclic amines) is 1. The van der Waals surface area contributed by atoms with E-state index in [4.69, 9.17) is 25.8 Å². The molecule has 1 saturated heterocycles. The van der Waals surface area contributed by atoms with Crippen LogP contribution in [-0.2, 0) is 25.7 Å². The van der Waals surface area contributed by atoms with Gasteiger partial charge in [0, 0.05) is 25.4 Å². The van der Waals surface area contributed by atoms with E-state index in [0.717, 1.165) is 5.56 Å². The molecule has 1 fully saturated rings. The number of ether oxygens (including phenoxy) is 3. The summed E-state index contributed by atoms with van der Waals surface area (Å²) in [5.41, 5.74) is 1.40. The second kappa shape index (κ2) is 15.2. The molecule has 0 bridgehead atoms. The van der Waals surface area contributed by atoms with Gasteiger partial charge in [-0.25, -0.2) is 4.39 Å². The van der Waals surface area contributed by atoms with Crippen LogP contribution in [0.5, 0.6) is 11.5 Å². The van der Waals surface area contributed by atoms with Crippen molar-refractivity contribution in [2.75, 3.05) is 26.9 Å². The van der Waals surface area contributed by atoms with Gasteiger partial charge < -0.3 is 19.5 Å². The summed E-state index contributed by atoms with van der Waals surface area (Å²) in [5, 5.41) is 3.26. The molecule has 1 aliphatic rings. The van der Waals surface area contributed by atoms with Crippen molar-refractivity contribution in [2.24, 2.45) is 0 Å². The van der Waals surface area contributed by atoms with Crippen LogP contribution < -0.4 is 14.8 Å². The number of imide groups is 1.